The Hall–Kier alpha value is -1.66. The summed E-state index contributed by atoms with van der Waals surface area (Å²) in [5, 5.41) is 6.98. The highest BCUT2D eigenvalue weighted by Gasteiger charge is 2.14. The van der Waals surface area contributed by atoms with Crippen molar-refractivity contribution in [1.29, 1.82) is 0 Å². The van der Waals surface area contributed by atoms with E-state index in [4.69, 9.17) is 17.3 Å². The zero-order chi connectivity index (χ0) is 13.3. The molecule has 1 aromatic heterocycles. The quantitative estimate of drug-likeness (QED) is 0.830. The first-order chi connectivity index (χ1) is 8.49. The van der Waals surface area contributed by atoms with Crippen molar-refractivity contribution in [2.45, 2.75) is 13.8 Å². The van der Waals surface area contributed by atoms with E-state index in [9.17, 15) is 4.79 Å². The van der Waals surface area contributed by atoms with Gasteiger partial charge in [-0.1, -0.05) is 16.1 Å². The molecule has 1 aromatic carbocycles. The maximum absolute atomic E-state index is 12.0. The Balaban J connectivity index is 2.28. The second-order valence-electron chi connectivity index (χ2n) is 3.83. The molecule has 1 amide bonds. The van der Waals surface area contributed by atoms with Crippen LogP contribution in [0.1, 0.15) is 20.9 Å². The number of halogens is 1. The summed E-state index contributed by atoms with van der Waals surface area (Å²) in [4.78, 5) is 12.5. The zero-order valence-corrected chi connectivity index (χ0v) is 11.4. The molecule has 3 N–H and O–H groups in total. The number of hydrogen-bond acceptors (Lipinski definition) is 5. The Labute approximate surface area is 113 Å². The van der Waals surface area contributed by atoms with Crippen LogP contribution < -0.4 is 11.1 Å². The third-order valence-corrected chi connectivity index (χ3v) is 3.60. The predicted octanol–water partition coefficient (Wildman–Crippen LogP) is 2.64. The molecule has 0 aliphatic heterocycles. The van der Waals surface area contributed by atoms with E-state index < -0.39 is 0 Å². The van der Waals surface area contributed by atoms with Crippen molar-refractivity contribution < 1.29 is 4.79 Å². The number of hydrogen-bond donors (Lipinski definition) is 2. The predicted molar refractivity (Wildman–Crippen MR) is 73.2 cm³/mol. The first-order valence-electron chi connectivity index (χ1n) is 5.15. The number of carbonyl (C=O) groups excluding carboxylic acids is 1. The van der Waals surface area contributed by atoms with Crippen molar-refractivity contribution in [3.05, 3.63) is 33.3 Å². The Morgan fingerprint density at radius 1 is 1.44 bits per heavy atom. The molecule has 0 fully saturated rings. The minimum atomic E-state index is -0.244. The molecule has 2 aromatic rings. The summed E-state index contributed by atoms with van der Waals surface area (Å²) in [6.07, 6.45) is 0. The summed E-state index contributed by atoms with van der Waals surface area (Å²) in [5.41, 5.74) is 8.25. The molecule has 18 heavy (non-hydrogen) atoms. The molecule has 0 aliphatic rings. The number of aryl methyl sites for hydroxylation is 2. The number of nitrogens with zero attached hydrogens (tertiary/aromatic N) is 2. The van der Waals surface area contributed by atoms with Gasteiger partial charge in [-0.3, -0.25) is 4.79 Å². The van der Waals surface area contributed by atoms with Crippen LogP contribution in [0.15, 0.2) is 12.1 Å². The molecule has 0 spiro atoms. The third-order valence-electron chi connectivity index (χ3n) is 2.45. The van der Waals surface area contributed by atoms with Gasteiger partial charge in [0.15, 0.2) is 0 Å². The molecule has 0 aliphatic carbocycles. The molecular weight excluding hydrogens is 272 g/mol. The molecule has 1 heterocycles. The fraction of sp³-hybridized carbons (Fsp3) is 0.182. The van der Waals surface area contributed by atoms with Gasteiger partial charge in [0.25, 0.3) is 5.91 Å². The van der Waals surface area contributed by atoms with Gasteiger partial charge in [0.1, 0.15) is 4.88 Å². The van der Waals surface area contributed by atoms with Gasteiger partial charge in [-0.05, 0) is 43.1 Å². The molecular formula is C11H11ClN4OS. The van der Waals surface area contributed by atoms with E-state index in [-0.39, 0.29) is 5.91 Å². The smallest absolute Gasteiger partial charge is 0.269 e. The van der Waals surface area contributed by atoms with Crippen LogP contribution >= 0.6 is 23.1 Å². The number of benzene rings is 1. The van der Waals surface area contributed by atoms with Gasteiger partial charge in [0.2, 0.25) is 0 Å². The first-order valence-corrected chi connectivity index (χ1v) is 6.30. The first kappa shape index (κ1) is 12.8. The molecule has 0 radical (unpaired) electrons. The van der Waals surface area contributed by atoms with Crippen molar-refractivity contribution >= 4 is 40.4 Å². The monoisotopic (exact) mass is 282 g/mol. The third kappa shape index (κ3) is 2.44. The Kier molecular flexibility index (Phi) is 3.49. The van der Waals surface area contributed by atoms with Gasteiger partial charge < -0.3 is 11.1 Å². The Morgan fingerprint density at radius 2 is 2.17 bits per heavy atom. The van der Waals surface area contributed by atoms with Crippen molar-refractivity contribution in [1.82, 2.24) is 9.59 Å². The molecule has 7 heteroatoms. The highest BCUT2D eigenvalue weighted by atomic mass is 35.5. The zero-order valence-electron chi connectivity index (χ0n) is 9.82. The van der Waals surface area contributed by atoms with E-state index in [0.29, 0.717) is 27.0 Å². The van der Waals surface area contributed by atoms with E-state index >= 15 is 0 Å². The highest BCUT2D eigenvalue weighted by molar-refractivity contribution is 7.08. The van der Waals surface area contributed by atoms with Gasteiger partial charge in [0, 0.05) is 5.69 Å². The van der Waals surface area contributed by atoms with Crippen molar-refractivity contribution in [3.63, 3.8) is 0 Å². The summed E-state index contributed by atoms with van der Waals surface area (Å²) < 4.78 is 3.72. The van der Waals surface area contributed by atoms with E-state index in [0.717, 1.165) is 17.1 Å². The average molecular weight is 283 g/mol. The Morgan fingerprint density at radius 3 is 2.78 bits per heavy atom. The van der Waals surface area contributed by atoms with Gasteiger partial charge >= 0.3 is 0 Å². The van der Waals surface area contributed by atoms with Crippen LogP contribution in [-0.4, -0.2) is 15.5 Å². The number of nitrogen functional groups attached to an aromatic ring is 1. The fourth-order valence-electron chi connectivity index (χ4n) is 1.46. The maximum atomic E-state index is 12.0. The van der Waals surface area contributed by atoms with Gasteiger partial charge in [-0.2, -0.15) is 0 Å². The molecule has 0 saturated carbocycles. The van der Waals surface area contributed by atoms with Crippen molar-refractivity contribution in [2.24, 2.45) is 0 Å². The lowest BCUT2D eigenvalue weighted by Crippen LogP contribution is -2.12. The largest absolute Gasteiger partial charge is 0.398 e. The molecule has 5 nitrogen and oxygen atoms in total. The van der Waals surface area contributed by atoms with E-state index in [1.807, 2.05) is 6.92 Å². The minimum absolute atomic E-state index is 0.244. The second-order valence-corrected chi connectivity index (χ2v) is 4.99. The second kappa shape index (κ2) is 4.91. The van der Waals surface area contributed by atoms with Crippen LogP contribution in [0.5, 0.6) is 0 Å². The van der Waals surface area contributed by atoms with E-state index in [2.05, 4.69) is 14.9 Å². The molecule has 0 saturated heterocycles. The lowest BCUT2D eigenvalue weighted by atomic mass is 10.1. The van der Waals surface area contributed by atoms with Gasteiger partial charge in [0.05, 0.1) is 16.4 Å². The Bertz CT molecular complexity index is 611. The van der Waals surface area contributed by atoms with Gasteiger partial charge in [-0.15, -0.1) is 5.10 Å². The van der Waals surface area contributed by atoms with Crippen LogP contribution in [0.2, 0.25) is 5.02 Å². The molecule has 0 atom stereocenters. The van der Waals surface area contributed by atoms with Crippen LogP contribution in [0.4, 0.5) is 11.4 Å². The van der Waals surface area contributed by atoms with Crippen molar-refractivity contribution in [2.75, 3.05) is 11.1 Å². The standard InChI is InChI=1S/C11H11ClN4OS/c1-5-3-8(13)7(12)4-9(5)14-11(17)10-6(2)15-16-18-10/h3-4H,13H2,1-2H3,(H,14,17). The number of anilines is 2. The molecule has 0 bridgehead atoms. The number of nitrogens with two attached hydrogens (primary N) is 1. The fourth-order valence-corrected chi connectivity index (χ4v) is 2.17. The minimum Gasteiger partial charge on any atom is -0.398 e. The van der Waals surface area contributed by atoms with Crippen LogP contribution in [0.3, 0.4) is 0 Å². The number of nitrogens with one attached hydrogen (secondary N) is 1. The maximum Gasteiger partial charge on any atom is 0.269 e. The number of aromatic nitrogens is 2. The molecule has 94 valence electrons. The summed E-state index contributed by atoms with van der Waals surface area (Å²) in [6.45, 7) is 3.58. The summed E-state index contributed by atoms with van der Waals surface area (Å²) in [5.74, 6) is -0.244. The SMILES string of the molecule is Cc1cc(N)c(Cl)cc1NC(=O)c1snnc1C. The van der Waals surface area contributed by atoms with E-state index in [1.165, 1.54) is 0 Å². The van der Waals surface area contributed by atoms with Gasteiger partial charge in [-0.25, -0.2) is 0 Å². The number of rotatable bonds is 2. The summed E-state index contributed by atoms with van der Waals surface area (Å²) >= 11 is 6.99. The van der Waals surface area contributed by atoms with E-state index in [1.54, 1.807) is 19.1 Å². The van der Waals surface area contributed by atoms with Crippen molar-refractivity contribution in [3.8, 4) is 0 Å². The normalized spacial score (nSPS) is 10.4. The number of carbonyl (C=O) groups is 1. The average Bonchev–Trinajstić information content (AvgIpc) is 2.72. The summed E-state index contributed by atoms with van der Waals surface area (Å²) in [6, 6.07) is 3.35. The summed E-state index contributed by atoms with van der Waals surface area (Å²) in [7, 11) is 0. The number of amides is 1. The topological polar surface area (TPSA) is 80.9 Å². The lowest BCUT2D eigenvalue weighted by Gasteiger charge is -2.09. The van der Waals surface area contributed by atoms with Crippen LogP contribution in [-0.2, 0) is 0 Å². The van der Waals surface area contributed by atoms with Crippen LogP contribution in [0.25, 0.3) is 0 Å². The molecule has 0 unspecified atom stereocenters. The highest BCUT2D eigenvalue weighted by Crippen LogP contribution is 2.27. The molecule has 2 rings (SSSR count). The van der Waals surface area contributed by atoms with Crippen LogP contribution in [0, 0.1) is 13.8 Å². The lowest BCUT2D eigenvalue weighted by molar-refractivity contribution is 0.102.